The first kappa shape index (κ1) is 80.2. The quantitative estimate of drug-likeness (QED) is 0.120. The third-order valence-electron chi connectivity index (χ3n) is 31.9. The van der Waals surface area contributed by atoms with Gasteiger partial charge in [0.15, 0.2) is 0 Å². The number of aromatic nitrogens is 1. The van der Waals surface area contributed by atoms with Crippen LogP contribution >= 0.6 is 11.3 Å². The highest BCUT2D eigenvalue weighted by Crippen LogP contribution is 2.60. The van der Waals surface area contributed by atoms with Gasteiger partial charge in [-0.2, -0.15) is 0 Å². The predicted molar refractivity (Wildman–Crippen MR) is 609 cm³/mol. The van der Waals surface area contributed by atoms with E-state index in [2.05, 4.69) is 483 Å². The Hall–Kier alpha value is -18.6. The van der Waals surface area contributed by atoms with Crippen LogP contribution in [-0.4, -0.2) is 4.57 Å². The van der Waals surface area contributed by atoms with Crippen molar-refractivity contribution in [1.29, 1.82) is 0 Å². The van der Waals surface area contributed by atoms with Gasteiger partial charge in [0.25, 0.3) is 0 Å². The van der Waals surface area contributed by atoms with E-state index in [0.29, 0.717) is 0 Å². The van der Waals surface area contributed by atoms with Gasteiger partial charge in [0.2, 0.25) is 0 Å². The minimum atomic E-state index is -0.0845. The highest BCUT2D eigenvalue weighted by Gasteiger charge is 2.38. The summed E-state index contributed by atoms with van der Waals surface area (Å²) in [5, 5.41) is 27.4. The van der Waals surface area contributed by atoms with Crippen molar-refractivity contribution in [2.75, 3.05) is 9.80 Å². The molecular formula is C137H81N3O4S. The summed E-state index contributed by atoms with van der Waals surface area (Å²) in [5.74, 6) is 0. The number of fused-ring (bicyclic) bond motifs is 9. The van der Waals surface area contributed by atoms with Gasteiger partial charge in [0.05, 0.1) is 16.7 Å². The molecule has 7 nitrogen and oxygen atoms in total. The van der Waals surface area contributed by atoms with Crippen LogP contribution in [0.5, 0.6) is 0 Å². The molecule has 6 heterocycles. The van der Waals surface area contributed by atoms with Gasteiger partial charge in [-0.05, 0) is 273 Å². The summed E-state index contributed by atoms with van der Waals surface area (Å²) in [6.45, 7) is 4.69. The Balaban J connectivity index is 0.0000000977. The number of anilines is 6. The standard InChI is InChI=1S/C49H31NO2.C48H27NO2.C40H23NS/c1-49(2)37-13-7-6-11-34(37)35-22-21-32(27-38(35)49)50(30-9-4-3-5-10-30)31-19-15-28(16-20-31)33-23-26-42-48-44(33)36-12-8-14-39-45(36)46-40(51-39)24-17-29-18-25-41(52-42)47(48)43(29)46;1-2-10-32(11-3-1)49(34-20-21-36-31(27-34)17-16-28-8-4-5-13-35(28)36)33-12-6-9-30(26-33)37-22-25-42-48-44(37)38-14-7-15-39-45(38)46-40(50-39)23-18-29-19-24-41(51-42)47(48)43(29)46;1-2-10-24(11-3-1)26-12-4-5-13-27(26)28-14-6-7-17-31(28)41-32-18-8-15-29-30-16-9-19-34-38(30)40-35(42-34)23-21-25-20-22-33(41)39(36(25)40)37(29)32/h3-27H,1-2H3;1-27H;1-23H. The Labute approximate surface area is 835 Å². The molecule has 0 spiro atoms. The molecule has 8 heteroatoms. The van der Waals surface area contributed by atoms with Crippen molar-refractivity contribution in [3.05, 3.63) is 466 Å². The zero-order valence-electron chi connectivity index (χ0n) is 78.7. The van der Waals surface area contributed by atoms with Crippen molar-refractivity contribution in [3.63, 3.8) is 0 Å². The van der Waals surface area contributed by atoms with Gasteiger partial charge in [-0.1, -0.05) is 317 Å². The van der Waals surface area contributed by atoms with Gasteiger partial charge in [0, 0.05) is 146 Å². The number of hydrogen-bond acceptors (Lipinski definition) is 7. The van der Waals surface area contributed by atoms with Crippen molar-refractivity contribution in [1.82, 2.24) is 4.57 Å². The van der Waals surface area contributed by atoms with E-state index >= 15 is 0 Å². The average Bonchev–Trinajstić information content (AvgIpc) is 1.52. The van der Waals surface area contributed by atoms with Crippen molar-refractivity contribution in [2.24, 2.45) is 0 Å². The smallest absolute Gasteiger partial charge is 0.136 e. The lowest BCUT2D eigenvalue weighted by atomic mass is 9.82. The summed E-state index contributed by atoms with van der Waals surface area (Å²) in [5.41, 5.74) is 40.0. The number of para-hydroxylation sites is 3. The molecule has 34 rings (SSSR count). The second kappa shape index (κ2) is 30.2. The molecule has 0 fully saturated rings. The van der Waals surface area contributed by atoms with Crippen molar-refractivity contribution in [2.45, 2.75) is 19.3 Å². The number of thiophene rings is 1. The topological polar surface area (TPSA) is 64.0 Å². The Morgan fingerprint density at radius 3 is 1.28 bits per heavy atom. The van der Waals surface area contributed by atoms with Crippen molar-refractivity contribution in [3.8, 4) is 94.7 Å². The van der Waals surface area contributed by atoms with Gasteiger partial charge in [-0.3, -0.25) is 0 Å². The van der Waals surface area contributed by atoms with Crippen LogP contribution in [0.3, 0.4) is 0 Å². The molecule has 145 heavy (non-hydrogen) atoms. The molecule has 0 unspecified atom stereocenters. The fourth-order valence-electron chi connectivity index (χ4n) is 25.7. The van der Waals surface area contributed by atoms with Gasteiger partial charge < -0.3 is 32.0 Å². The number of benzene rings is 24. The average molecular weight is 1870 g/mol. The molecule has 0 radical (unpaired) electrons. The summed E-state index contributed by atoms with van der Waals surface area (Å²) in [7, 11) is 0. The zero-order chi connectivity index (χ0) is 94.9. The molecule has 4 aliphatic carbocycles. The molecule has 0 saturated heterocycles. The summed E-state index contributed by atoms with van der Waals surface area (Å²) in [6.07, 6.45) is 0. The number of hydrogen-bond donors (Lipinski definition) is 0. The molecule has 24 aromatic carbocycles. The molecule has 6 aromatic heterocycles. The van der Waals surface area contributed by atoms with Crippen molar-refractivity contribution < 1.29 is 17.7 Å². The van der Waals surface area contributed by atoms with E-state index < -0.39 is 0 Å². The van der Waals surface area contributed by atoms with Crippen LogP contribution in [0.4, 0.5) is 34.1 Å². The summed E-state index contributed by atoms with van der Waals surface area (Å²) >= 11 is 1.91. The molecule has 674 valence electrons. The first-order valence-electron chi connectivity index (χ1n) is 49.9. The summed E-state index contributed by atoms with van der Waals surface area (Å²) in [6, 6.07) is 165. The van der Waals surface area contributed by atoms with Crippen LogP contribution in [-0.2, 0) is 5.41 Å². The van der Waals surface area contributed by atoms with Crippen LogP contribution in [0, 0.1) is 0 Å². The van der Waals surface area contributed by atoms with Gasteiger partial charge in [0.1, 0.15) is 44.7 Å². The first-order valence-corrected chi connectivity index (χ1v) is 50.7. The van der Waals surface area contributed by atoms with Crippen LogP contribution in [0.2, 0.25) is 0 Å². The molecule has 0 bridgehead atoms. The third-order valence-corrected chi connectivity index (χ3v) is 33.0. The molecule has 0 N–H and O–H groups in total. The van der Waals surface area contributed by atoms with Crippen LogP contribution in [0.1, 0.15) is 25.0 Å². The lowest BCUT2D eigenvalue weighted by Gasteiger charge is -2.28. The Bertz CT molecular complexity index is 10900. The highest BCUT2D eigenvalue weighted by molar-refractivity contribution is 7.26. The highest BCUT2D eigenvalue weighted by atomic mass is 32.1. The first-order chi connectivity index (χ1) is 71.7. The SMILES string of the molecule is CC1(C)c2ccccc2-c2ccc(N(c3ccccc3)c3ccc(-c4ccc5oc6ccc7ccc8oc9cccc%10c9c8c7c6c5c4-%10)cc3)cc21.c1ccc(-c2ccccc2-c2ccccc2-n2c3cccc4c3c3c5c(ccc6sc7cccc-4c7c65)ccc32)cc1.c1ccc(N(c2cccc(-c3ccc4oc5ccc6ccc7oc8cccc9c8c7c6c5c4c3-9)c2)c2ccc3c(ccc4ccccc43)c2)cc1. The van der Waals surface area contributed by atoms with E-state index in [1.165, 1.54) is 217 Å². The molecule has 0 amide bonds. The minimum absolute atomic E-state index is 0.0845. The molecule has 30 aromatic rings. The molecule has 0 aliphatic heterocycles. The second-order valence-corrected chi connectivity index (χ2v) is 40.8. The monoisotopic (exact) mass is 1860 g/mol. The normalized spacial score (nSPS) is 12.8. The Morgan fingerprint density at radius 1 is 0.200 bits per heavy atom. The van der Waals surface area contributed by atoms with E-state index in [1.807, 2.05) is 11.3 Å². The van der Waals surface area contributed by atoms with Crippen LogP contribution in [0.25, 0.3) is 278 Å². The predicted octanol–water partition coefficient (Wildman–Crippen LogP) is 39.7. The number of furan rings is 4. The lowest BCUT2D eigenvalue weighted by molar-refractivity contribution is 0.660. The molecule has 0 atom stereocenters. The zero-order valence-corrected chi connectivity index (χ0v) is 79.5. The number of nitrogens with zero attached hydrogens (tertiary/aromatic N) is 3. The fourth-order valence-corrected chi connectivity index (χ4v) is 26.8. The van der Waals surface area contributed by atoms with Gasteiger partial charge in [-0.25, -0.2) is 0 Å². The van der Waals surface area contributed by atoms with E-state index in [0.717, 1.165) is 106 Å². The maximum absolute atomic E-state index is 6.58. The molecule has 4 aliphatic rings. The summed E-state index contributed by atoms with van der Waals surface area (Å²) < 4.78 is 31.4. The number of rotatable bonds is 11. The second-order valence-electron chi connectivity index (χ2n) is 39.7. The van der Waals surface area contributed by atoms with E-state index in [1.54, 1.807) is 0 Å². The Kier molecular flexibility index (Phi) is 16.7. The summed E-state index contributed by atoms with van der Waals surface area (Å²) in [4.78, 5) is 4.74. The molecular weight excluding hydrogens is 1780 g/mol. The largest absolute Gasteiger partial charge is 0.456 e. The van der Waals surface area contributed by atoms with Crippen molar-refractivity contribution >= 4 is 229 Å². The van der Waals surface area contributed by atoms with E-state index in [-0.39, 0.29) is 5.41 Å². The lowest BCUT2D eigenvalue weighted by Crippen LogP contribution is -2.16. The van der Waals surface area contributed by atoms with Crippen LogP contribution < -0.4 is 9.80 Å². The fraction of sp³-hybridized carbons (Fsp3) is 0.0219. The van der Waals surface area contributed by atoms with Gasteiger partial charge in [-0.15, -0.1) is 11.3 Å². The minimum Gasteiger partial charge on any atom is -0.456 e. The van der Waals surface area contributed by atoms with E-state index in [9.17, 15) is 0 Å². The third kappa shape index (κ3) is 11.4. The van der Waals surface area contributed by atoms with Gasteiger partial charge >= 0.3 is 0 Å². The molecule has 0 saturated carbocycles. The maximum atomic E-state index is 6.58. The van der Waals surface area contributed by atoms with E-state index in [4.69, 9.17) is 17.7 Å². The van der Waals surface area contributed by atoms with Crippen LogP contribution in [0.15, 0.2) is 473 Å². The Morgan fingerprint density at radius 2 is 0.607 bits per heavy atom. The maximum Gasteiger partial charge on any atom is 0.136 e.